The van der Waals surface area contributed by atoms with E-state index in [0.29, 0.717) is 11.5 Å². The number of nitrogens with one attached hydrogen (secondary N) is 1. The van der Waals surface area contributed by atoms with Crippen LogP contribution in [0.2, 0.25) is 0 Å². The van der Waals surface area contributed by atoms with Crippen molar-refractivity contribution in [3.63, 3.8) is 0 Å². The van der Waals surface area contributed by atoms with Crippen molar-refractivity contribution >= 4 is 23.2 Å². The normalized spacial score (nSPS) is 12.6. The minimum atomic E-state index is -0.291. The zero-order chi connectivity index (χ0) is 10.3. The minimum absolute atomic E-state index is 0.241. The van der Waals surface area contributed by atoms with E-state index in [1.165, 1.54) is 14.2 Å². The maximum absolute atomic E-state index is 11.2. The Labute approximate surface area is 82.6 Å². The number of hydrogen-bond acceptors (Lipinski definition) is 3. The van der Waals surface area contributed by atoms with E-state index in [4.69, 9.17) is 11.6 Å². The van der Waals surface area contributed by atoms with Gasteiger partial charge in [0.1, 0.15) is 7.11 Å². The zero-order valence-corrected chi connectivity index (χ0v) is 8.68. The van der Waals surface area contributed by atoms with Gasteiger partial charge in [0.25, 0.3) is 5.91 Å². The Morgan fingerprint density at radius 3 is 2.69 bits per heavy atom. The van der Waals surface area contributed by atoms with Crippen LogP contribution in [0, 0.1) is 0 Å². The van der Waals surface area contributed by atoms with Gasteiger partial charge < -0.3 is 10.2 Å². The van der Waals surface area contributed by atoms with Crippen LogP contribution in [0.1, 0.15) is 6.92 Å². The van der Waals surface area contributed by atoms with Crippen molar-refractivity contribution in [2.24, 2.45) is 5.16 Å². The Hall–Kier alpha value is -1.03. The van der Waals surface area contributed by atoms with Gasteiger partial charge in [0.15, 0.2) is 5.71 Å². The summed E-state index contributed by atoms with van der Waals surface area (Å²) >= 11 is 5.48. The number of alkyl halides is 1. The number of carbonyl (C=O) groups excluding carboxylic acids is 1. The van der Waals surface area contributed by atoms with Gasteiger partial charge in [-0.05, 0) is 12.5 Å². The monoisotopic (exact) mass is 204 g/mol. The Morgan fingerprint density at radius 2 is 2.31 bits per heavy atom. The van der Waals surface area contributed by atoms with Gasteiger partial charge >= 0.3 is 0 Å². The molecule has 0 saturated carbocycles. The lowest BCUT2D eigenvalue weighted by atomic mass is 10.1. The summed E-state index contributed by atoms with van der Waals surface area (Å²) in [5.74, 6) is 0.0478. The summed E-state index contributed by atoms with van der Waals surface area (Å²) in [6.45, 7) is 1.75. The first-order valence-corrected chi connectivity index (χ1v) is 4.27. The lowest BCUT2D eigenvalue weighted by Crippen LogP contribution is -2.28. The molecule has 0 fully saturated rings. The third-order valence-corrected chi connectivity index (χ3v) is 1.54. The van der Waals surface area contributed by atoms with Crippen molar-refractivity contribution in [3.8, 4) is 0 Å². The van der Waals surface area contributed by atoms with Gasteiger partial charge in [-0.2, -0.15) is 0 Å². The highest BCUT2D eigenvalue weighted by Crippen LogP contribution is 1.99. The molecule has 0 aliphatic rings. The number of rotatable bonds is 4. The summed E-state index contributed by atoms with van der Waals surface area (Å²) in [5, 5.41) is 6.05. The van der Waals surface area contributed by atoms with E-state index in [1.54, 1.807) is 13.0 Å². The van der Waals surface area contributed by atoms with Crippen LogP contribution in [-0.4, -0.2) is 31.7 Å². The van der Waals surface area contributed by atoms with E-state index in [1.807, 2.05) is 0 Å². The number of amides is 1. The van der Waals surface area contributed by atoms with E-state index in [-0.39, 0.29) is 11.6 Å². The van der Waals surface area contributed by atoms with Gasteiger partial charge in [-0.15, -0.1) is 11.6 Å². The molecule has 13 heavy (non-hydrogen) atoms. The molecule has 0 aromatic heterocycles. The van der Waals surface area contributed by atoms with E-state index in [9.17, 15) is 4.79 Å². The van der Waals surface area contributed by atoms with Crippen molar-refractivity contribution in [1.82, 2.24) is 5.32 Å². The smallest absolute Gasteiger partial charge is 0.273 e. The number of allylic oxidation sites excluding steroid dienone is 1. The molecule has 0 aromatic rings. The quantitative estimate of drug-likeness (QED) is 0.421. The largest absolute Gasteiger partial charge is 0.398 e. The molecule has 74 valence electrons. The second-order valence-corrected chi connectivity index (χ2v) is 2.55. The van der Waals surface area contributed by atoms with Gasteiger partial charge in [0.2, 0.25) is 0 Å². The molecule has 0 radical (unpaired) electrons. The van der Waals surface area contributed by atoms with Crippen molar-refractivity contribution in [3.05, 3.63) is 11.6 Å². The fourth-order valence-corrected chi connectivity index (χ4v) is 0.946. The lowest BCUT2D eigenvalue weighted by molar-refractivity contribution is -0.114. The first-order valence-electron chi connectivity index (χ1n) is 3.73. The SMILES string of the molecule is CNC(=O)C(=N/OC)/C(C)=C\CCl. The van der Waals surface area contributed by atoms with Gasteiger partial charge in [0.05, 0.1) is 0 Å². The Kier molecular flexibility index (Phi) is 5.97. The molecule has 4 nitrogen and oxygen atoms in total. The summed E-state index contributed by atoms with van der Waals surface area (Å²) in [6.07, 6.45) is 1.69. The molecule has 0 heterocycles. The van der Waals surface area contributed by atoms with E-state index in [0.717, 1.165) is 0 Å². The van der Waals surface area contributed by atoms with E-state index < -0.39 is 0 Å². The highest BCUT2D eigenvalue weighted by Gasteiger charge is 2.11. The maximum Gasteiger partial charge on any atom is 0.273 e. The molecule has 0 saturated heterocycles. The van der Waals surface area contributed by atoms with Crippen LogP contribution in [-0.2, 0) is 9.63 Å². The molecule has 5 heteroatoms. The molecular weight excluding hydrogens is 192 g/mol. The van der Waals surface area contributed by atoms with E-state index >= 15 is 0 Å². The molecule has 1 amide bonds. The third-order valence-electron chi connectivity index (χ3n) is 1.38. The maximum atomic E-state index is 11.2. The molecule has 0 aliphatic carbocycles. The van der Waals surface area contributed by atoms with Gasteiger partial charge in [-0.3, -0.25) is 4.79 Å². The van der Waals surface area contributed by atoms with Crippen LogP contribution in [0.15, 0.2) is 16.8 Å². The molecule has 0 spiro atoms. The van der Waals surface area contributed by atoms with Crippen LogP contribution >= 0.6 is 11.6 Å². The van der Waals surface area contributed by atoms with Crippen LogP contribution in [0.5, 0.6) is 0 Å². The number of nitrogens with zero attached hydrogens (tertiary/aromatic N) is 1. The third kappa shape index (κ3) is 3.94. The second kappa shape index (κ2) is 6.48. The minimum Gasteiger partial charge on any atom is -0.398 e. The summed E-state index contributed by atoms with van der Waals surface area (Å²) in [7, 11) is 2.92. The fourth-order valence-electron chi connectivity index (χ4n) is 0.715. The summed E-state index contributed by atoms with van der Waals surface area (Å²) in [5.41, 5.74) is 0.932. The average molecular weight is 205 g/mol. The lowest BCUT2D eigenvalue weighted by Gasteiger charge is -2.03. The topological polar surface area (TPSA) is 50.7 Å². The van der Waals surface area contributed by atoms with Crippen molar-refractivity contribution < 1.29 is 9.63 Å². The highest BCUT2D eigenvalue weighted by molar-refractivity contribution is 6.45. The number of carbonyl (C=O) groups is 1. The fraction of sp³-hybridized carbons (Fsp3) is 0.500. The van der Waals surface area contributed by atoms with Crippen LogP contribution in [0.4, 0.5) is 0 Å². The first kappa shape index (κ1) is 12.0. The van der Waals surface area contributed by atoms with Gasteiger partial charge in [0, 0.05) is 12.9 Å². The summed E-state index contributed by atoms with van der Waals surface area (Å²) < 4.78 is 0. The van der Waals surface area contributed by atoms with Crippen LogP contribution < -0.4 is 5.32 Å². The second-order valence-electron chi connectivity index (χ2n) is 2.24. The standard InChI is InChI=1S/C8H13ClN2O2/c1-6(4-5-9)7(11-13-3)8(12)10-2/h4H,5H2,1-3H3,(H,10,12)/b6-4-,11-7+. The molecule has 1 N–H and O–H groups in total. The molecule has 0 rings (SSSR count). The number of oxime groups is 1. The van der Waals surface area contributed by atoms with Crippen LogP contribution in [0.25, 0.3) is 0 Å². The zero-order valence-electron chi connectivity index (χ0n) is 7.93. The number of hydrogen-bond donors (Lipinski definition) is 1. The highest BCUT2D eigenvalue weighted by atomic mass is 35.5. The van der Waals surface area contributed by atoms with Crippen LogP contribution in [0.3, 0.4) is 0 Å². The molecular formula is C8H13ClN2O2. The number of halogens is 1. The molecule has 0 unspecified atom stereocenters. The average Bonchev–Trinajstić information content (AvgIpc) is 2.13. The Balaban J connectivity index is 4.72. The molecule has 0 atom stereocenters. The van der Waals surface area contributed by atoms with E-state index in [2.05, 4.69) is 15.3 Å². The summed E-state index contributed by atoms with van der Waals surface area (Å²) in [4.78, 5) is 15.8. The van der Waals surface area contributed by atoms with Crippen molar-refractivity contribution in [1.29, 1.82) is 0 Å². The molecule has 0 aromatic carbocycles. The predicted molar refractivity (Wildman–Crippen MR) is 53.0 cm³/mol. The Morgan fingerprint density at radius 1 is 1.69 bits per heavy atom. The molecule has 0 bridgehead atoms. The Bertz CT molecular complexity index is 236. The first-order chi connectivity index (χ1) is 6.17. The van der Waals surface area contributed by atoms with Crippen molar-refractivity contribution in [2.45, 2.75) is 6.92 Å². The predicted octanol–water partition coefficient (Wildman–Crippen LogP) is 0.920. The van der Waals surface area contributed by atoms with Gasteiger partial charge in [-0.25, -0.2) is 0 Å². The molecule has 0 aliphatic heterocycles. The van der Waals surface area contributed by atoms with Gasteiger partial charge in [-0.1, -0.05) is 11.2 Å². The van der Waals surface area contributed by atoms with Crippen molar-refractivity contribution in [2.75, 3.05) is 20.0 Å². The summed E-state index contributed by atoms with van der Waals surface area (Å²) in [6, 6.07) is 0.